The number of nitrogens with zero attached hydrogens (tertiary/aromatic N) is 5. The summed E-state index contributed by atoms with van der Waals surface area (Å²) in [5, 5.41) is 5.65. The van der Waals surface area contributed by atoms with Crippen LogP contribution in [0.5, 0.6) is 0 Å². The first-order valence-electron chi connectivity index (χ1n) is 9.00. The molecule has 0 radical (unpaired) electrons. The van der Waals surface area contributed by atoms with Crippen LogP contribution in [0.2, 0.25) is 0 Å². The van der Waals surface area contributed by atoms with Crippen LogP contribution in [0.3, 0.4) is 0 Å². The van der Waals surface area contributed by atoms with Crippen molar-refractivity contribution in [3.05, 3.63) is 52.9 Å². The molecule has 0 atom stereocenters. The third kappa shape index (κ3) is 4.11. The molecule has 0 unspecified atom stereocenters. The SMILES string of the molecule is O=C(NCc1nccs1)c1cnc(N2CCCCC2)nc1-c1cccnc1. The quantitative estimate of drug-likeness (QED) is 0.733. The van der Waals surface area contributed by atoms with Gasteiger partial charge in [0.1, 0.15) is 5.01 Å². The molecule has 1 amide bonds. The summed E-state index contributed by atoms with van der Waals surface area (Å²) in [6.45, 7) is 2.28. The number of carbonyl (C=O) groups is 1. The highest BCUT2D eigenvalue weighted by Gasteiger charge is 2.20. The van der Waals surface area contributed by atoms with Crippen LogP contribution in [-0.4, -0.2) is 38.9 Å². The van der Waals surface area contributed by atoms with E-state index in [-0.39, 0.29) is 5.91 Å². The average molecular weight is 380 g/mol. The van der Waals surface area contributed by atoms with Crippen molar-refractivity contribution in [2.24, 2.45) is 0 Å². The maximum absolute atomic E-state index is 12.8. The van der Waals surface area contributed by atoms with Crippen LogP contribution in [0.4, 0.5) is 5.95 Å². The molecule has 0 spiro atoms. The Hall–Kier alpha value is -2.87. The first-order valence-corrected chi connectivity index (χ1v) is 9.88. The van der Waals surface area contributed by atoms with Gasteiger partial charge in [0, 0.05) is 48.8 Å². The molecule has 27 heavy (non-hydrogen) atoms. The molecule has 138 valence electrons. The molecule has 1 saturated heterocycles. The summed E-state index contributed by atoms with van der Waals surface area (Å²) < 4.78 is 0. The molecule has 1 aliphatic heterocycles. The second-order valence-electron chi connectivity index (χ2n) is 6.33. The van der Waals surface area contributed by atoms with Crippen LogP contribution in [0, 0.1) is 0 Å². The van der Waals surface area contributed by atoms with Crippen molar-refractivity contribution in [2.45, 2.75) is 25.8 Å². The summed E-state index contributed by atoms with van der Waals surface area (Å²) in [4.78, 5) is 32.5. The maximum Gasteiger partial charge on any atom is 0.255 e. The van der Waals surface area contributed by atoms with E-state index in [1.807, 2.05) is 17.5 Å². The highest BCUT2D eigenvalue weighted by Crippen LogP contribution is 2.24. The predicted molar refractivity (Wildman–Crippen MR) is 105 cm³/mol. The fraction of sp³-hybridized carbons (Fsp3) is 0.316. The normalized spacial score (nSPS) is 14.1. The summed E-state index contributed by atoms with van der Waals surface area (Å²) in [5.74, 6) is 0.458. The van der Waals surface area contributed by atoms with Crippen LogP contribution >= 0.6 is 11.3 Å². The number of amides is 1. The Bertz CT molecular complexity index is 894. The van der Waals surface area contributed by atoms with Crippen LogP contribution in [0.1, 0.15) is 34.6 Å². The lowest BCUT2D eigenvalue weighted by molar-refractivity contribution is 0.0951. The maximum atomic E-state index is 12.8. The summed E-state index contributed by atoms with van der Waals surface area (Å²) in [6, 6.07) is 3.75. The van der Waals surface area contributed by atoms with Crippen LogP contribution < -0.4 is 10.2 Å². The summed E-state index contributed by atoms with van der Waals surface area (Å²) in [7, 11) is 0. The molecule has 7 nitrogen and oxygen atoms in total. The largest absolute Gasteiger partial charge is 0.345 e. The molecule has 1 aliphatic rings. The molecule has 1 N–H and O–H groups in total. The molecule has 1 fully saturated rings. The number of carbonyl (C=O) groups excluding carboxylic acids is 1. The predicted octanol–water partition coefficient (Wildman–Crippen LogP) is 2.92. The standard InChI is InChI=1S/C19H20N6OS/c26-18(22-13-16-21-7-10-27-16)15-12-23-19(25-8-2-1-3-9-25)24-17(15)14-5-4-6-20-11-14/h4-7,10-12H,1-3,8-9,13H2,(H,22,26). The minimum Gasteiger partial charge on any atom is -0.345 e. The molecule has 0 aliphatic carbocycles. The molecular formula is C19H20N6OS. The third-order valence-corrected chi connectivity index (χ3v) is 5.26. The second kappa shape index (κ2) is 8.22. The van der Waals surface area contributed by atoms with E-state index < -0.39 is 0 Å². The third-order valence-electron chi connectivity index (χ3n) is 4.48. The Labute approximate surface area is 161 Å². The lowest BCUT2D eigenvalue weighted by Gasteiger charge is -2.27. The van der Waals surface area contributed by atoms with Crippen LogP contribution in [0.15, 0.2) is 42.3 Å². The van der Waals surface area contributed by atoms with Gasteiger partial charge in [-0.05, 0) is 31.4 Å². The summed E-state index contributed by atoms with van der Waals surface area (Å²) in [5.41, 5.74) is 1.85. The van der Waals surface area contributed by atoms with Gasteiger partial charge in [0.15, 0.2) is 0 Å². The van der Waals surface area contributed by atoms with Gasteiger partial charge < -0.3 is 10.2 Å². The fourth-order valence-electron chi connectivity index (χ4n) is 3.10. The van der Waals surface area contributed by atoms with Crippen molar-refractivity contribution in [1.82, 2.24) is 25.3 Å². The van der Waals surface area contributed by atoms with Crippen molar-refractivity contribution in [3.63, 3.8) is 0 Å². The summed E-state index contributed by atoms with van der Waals surface area (Å²) in [6.07, 6.45) is 10.3. The molecule has 3 aromatic rings. The number of pyridine rings is 1. The zero-order chi connectivity index (χ0) is 18.5. The minimum atomic E-state index is -0.214. The molecule has 4 heterocycles. The Balaban J connectivity index is 1.64. The number of nitrogens with one attached hydrogen (secondary N) is 1. The smallest absolute Gasteiger partial charge is 0.255 e. The van der Waals surface area contributed by atoms with Gasteiger partial charge in [-0.2, -0.15) is 0 Å². The van der Waals surface area contributed by atoms with Gasteiger partial charge in [0.2, 0.25) is 5.95 Å². The van der Waals surface area contributed by atoms with E-state index >= 15 is 0 Å². The van der Waals surface area contributed by atoms with Gasteiger partial charge in [-0.3, -0.25) is 9.78 Å². The van der Waals surface area contributed by atoms with Gasteiger partial charge in [-0.15, -0.1) is 11.3 Å². The Kier molecular flexibility index (Phi) is 5.34. The number of anilines is 1. The number of rotatable bonds is 5. The Morgan fingerprint density at radius 1 is 1.15 bits per heavy atom. The van der Waals surface area contributed by atoms with Gasteiger partial charge in [0.25, 0.3) is 5.91 Å². The first kappa shape index (κ1) is 17.5. The van der Waals surface area contributed by atoms with Crippen molar-refractivity contribution in [3.8, 4) is 11.3 Å². The number of hydrogen-bond acceptors (Lipinski definition) is 7. The van der Waals surface area contributed by atoms with E-state index in [1.54, 1.807) is 24.8 Å². The first-order chi connectivity index (χ1) is 13.3. The Morgan fingerprint density at radius 2 is 2.04 bits per heavy atom. The molecular weight excluding hydrogens is 360 g/mol. The van der Waals surface area contributed by atoms with Crippen molar-refractivity contribution in [2.75, 3.05) is 18.0 Å². The molecule has 0 bridgehead atoms. The van der Waals surface area contributed by atoms with E-state index in [0.29, 0.717) is 23.8 Å². The van der Waals surface area contributed by atoms with E-state index in [4.69, 9.17) is 4.98 Å². The second-order valence-corrected chi connectivity index (χ2v) is 7.31. The average Bonchev–Trinajstić information content (AvgIpc) is 3.26. The lowest BCUT2D eigenvalue weighted by atomic mass is 10.1. The van der Waals surface area contributed by atoms with Gasteiger partial charge in [0.05, 0.1) is 17.8 Å². The molecule has 0 aromatic carbocycles. The zero-order valence-corrected chi connectivity index (χ0v) is 15.7. The number of thiazole rings is 1. The minimum absolute atomic E-state index is 0.214. The number of hydrogen-bond donors (Lipinski definition) is 1. The van der Waals surface area contributed by atoms with Gasteiger partial charge >= 0.3 is 0 Å². The number of aromatic nitrogens is 4. The van der Waals surface area contributed by atoms with E-state index in [9.17, 15) is 4.79 Å². The van der Waals surface area contributed by atoms with E-state index in [1.165, 1.54) is 17.8 Å². The fourth-order valence-corrected chi connectivity index (χ4v) is 3.66. The van der Waals surface area contributed by atoms with Crippen LogP contribution in [-0.2, 0) is 6.54 Å². The van der Waals surface area contributed by atoms with Crippen LogP contribution in [0.25, 0.3) is 11.3 Å². The van der Waals surface area contributed by atoms with E-state index in [2.05, 4.69) is 25.2 Å². The Morgan fingerprint density at radius 3 is 2.78 bits per heavy atom. The highest BCUT2D eigenvalue weighted by molar-refractivity contribution is 7.09. The summed E-state index contributed by atoms with van der Waals surface area (Å²) >= 11 is 1.51. The highest BCUT2D eigenvalue weighted by atomic mass is 32.1. The van der Waals surface area contributed by atoms with E-state index in [0.717, 1.165) is 36.5 Å². The van der Waals surface area contributed by atoms with Crippen molar-refractivity contribution < 1.29 is 4.79 Å². The topological polar surface area (TPSA) is 83.9 Å². The molecule has 0 saturated carbocycles. The molecule has 8 heteroatoms. The zero-order valence-electron chi connectivity index (χ0n) is 14.8. The monoisotopic (exact) mass is 380 g/mol. The van der Waals surface area contributed by atoms with Crippen molar-refractivity contribution >= 4 is 23.2 Å². The number of piperidine rings is 1. The lowest BCUT2D eigenvalue weighted by Crippen LogP contribution is -2.31. The van der Waals surface area contributed by atoms with Gasteiger partial charge in [-0.25, -0.2) is 15.0 Å². The van der Waals surface area contributed by atoms with Gasteiger partial charge in [-0.1, -0.05) is 0 Å². The molecule has 4 rings (SSSR count). The van der Waals surface area contributed by atoms with Crippen molar-refractivity contribution in [1.29, 1.82) is 0 Å². The molecule has 3 aromatic heterocycles.